The molecule has 2 saturated carbocycles. The van der Waals surface area contributed by atoms with Crippen LogP contribution in [0.4, 0.5) is 0 Å². The van der Waals surface area contributed by atoms with Crippen LogP contribution in [-0.4, -0.2) is 46.4 Å². The van der Waals surface area contributed by atoms with Gasteiger partial charge in [0.25, 0.3) is 0 Å². The third-order valence-electron chi connectivity index (χ3n) is 6.37. The van der Waals surface area contributed by atoms with Crippen molar-refractivity contribution < 1.29 is 9.69 Å². The Morgan fingerprint density at radius 1 is 1.14 bits per heavy atom. The van der Waals surface area contributed by atoms with E-state index in [4.69, 9.17) is 0 Å². The van der Waals surface area contributed by atoms with Crippen LogP contribution in [0.15, 0.2) is 0 Å². The van der Waals surface area contributed by atoms with Crippen LogP contribution in [0.1, 0.15) is 58.3 Å². The number of Topliss-reactive ketones (excluding diaryl/α,β-unsaturated/α-hetero) is 1. The first-order valence-corrected chi connectivity index (χ1v) is 10.1. The minimum Gasteiger partial charge on any atom is -0.310 e. The van der Waals surface area contributed by atoms with E-state index < -0.39 is 0 Å². The number of halogens is 1. The number of carbonyl (C=O) groups excluding carboxylic acids is 1. The molecule has 3 nitrogen and oxygen atoms in total. The van der Waals surface area contributed by atoms with Crippen LogP contribution in [0.25, 0.3) is 0 Å². The molecule has 21 heavy (non-hydrogen) atoms. The van der Waals surface area contributed by atoms with E-state index in [-0.39, 0.29) is 0 Å². The summed E-state index contributed by atoms with van der Waals surface area (Å²) in [6, 6.07) is 1.44. The second-order valence-corrected chi connectivity index (χ2v) is 9.23. The van der Waals surface area contributed by atoms with E-state index in [9.17, 15) is 4.79 Å². The van der Waals surface area contributed by atoms with Crippen molar-refractivity contribution in [2.24, 2.45) is 5.92 Å². The summed E-state index contributed by atoms with van der Waals surface area (Å²) in [6.45, 7) is 3.10. The van der Waals surface area contributed by atoms with E-state index >= 15 is 0 Å². The van der Waals surface area contributed by atoms with Crippen LogP contribution in [0.3, 0.4) is 0 Å². The molecule has 4 atom stereocenters. The van der Waals surface area contributed by atoms with Gasteiger partial charge in [-0.2, -0.15) is 0 Å². The number of hydrogen-bond donors (Lipinski definition) is 1. The average Bonchev–Trinajstić information content (AvgIpc) is 2.73. The molecular weight excluding hydrogens is 375 g/mol. The molecular formula is C17H30IN2O+. The molecule has 0 bridgehead atoms. The first kappa shape index (κ1) is 16.2. The highest BCUT2D eigenvalue weighted by molar-refractivity contribution is 14.1. The van der Waals surface area contributed by atoms with Gasteiger partial charge in [0.15, 0.2) is 5.78 Å². The predicted molar refractivity (Wildman–Crippen MR) is 93.9 cm³/mol. The Bertz CT molecular complexity index is 381. The van der Waals surface area contributed by atoms with Gasteiger partial charge in [0.05, 0.1) is 6.04 Å². The Morgan fingerprint density at radius 2 is 1.81 bits per heavy atom. The summed E-state index contributed by atoms with van der Waals surface area (Å²) in [7, 11) is 2.27. The van der Waals surface area contributed by atoms with Gasteiger partial charge in [-0.25, -0.2) is 4.90 Å². The van der Waals surface area contributed by atoms with Gasteiger partial charge in [0.1, 0.15) is 18.8 Å². The highest BCUT2D eigenvalue weighted by atomic mass is 127. The summed E-state index contributed by atoms with van der Waals surface area (Å²) < 4.78 is 0.804. The van der Waals surface area contributed by atoms with Crippen LogP contribution in [0.2, 0.25) is 0 Å². The fraction of sp³-hybridized carbons (Fsp3) is 0.941. The second-order valence-electron chi connectivity index (χ2n) is 7.47. The zero-order chi connectivity index (χ0) is 15.0. The Balaban J connectivity index is 1.62. The topological polar surface area (TPSA) is 24.8 Å². The first-order valence-electron chi connectivity index (χ1n) is 8.82. The van der Waals surface area contributed by atoms with Gasteiger partial charge in [0.2, 0.25) is 0 Å². The standard InChI is InChI=1S/C17H29IN2O/c1-12-19(2)15-5-3-4-6-16(15)20(12)11-17(21)13-7-9-14(18)10-8-13/h12-16H,3-11H2,1-2H3/p+1. The molecule has 0 aromatic heterocycles. The normalized spacial score (nSPS) is 44.5. The van der Waals surface area contributed by atoms with Gasteiger partial charge in [-0.05, 0) is 45.6 Å². The van der Waals surface area contributed by atoms with Gasteiger partial charge in [-0.3, -0.25) is 4.79 Å². The Morgan fingerprint density at radius 3 is 2.52 bits per heavy atom. The van der Waals surface area contributed by atoms with E-state index in [1.54, 1.807) is 4.90 Å². The van der Waals surface area contributed by atoms with Gasteiger partial charge < -0.3 is 4.90 Å². The zero-order valence-corrected chi connectivity index (χ0v) is 15.6. The molecule has 2 aliphatic carbocycles. The number of alkyl halides is 1. The predicted octanol–water partition coefficient (Wildman–Crippen LogP) is 2.04. The Kier molecular flexibility index (Phi) is 5.27. The van der Waals surface area contributed by atoms with Crippen molar-refractivity contribution in [1.29, 1.82) is 0 Å². The lowest BCUT2D eigenvalue weighted by Gasteiger charge is -2.30. The Hall–Kier alpha value is 0.320. The van der Waals surface area contributed by atoms with Crippen molar-refractivity contribution in [1.82, 2.24) is 4.90 Å². The van der Waals surface area contributed by atoms with Gasteiger partial charge in [-0.1, -0.05) is 29.0 Å². The van der Waals surface area contributed by atoms with Gasteiger partial charge >= 0.3 is 0 Å². The molecule has 1 aliphatic heterocycles. The summed E-state index contributed by atoms with van der Waals surface area (Å²) in [4.78, 5) is 16.9. The molecule has 1 N–H and O–H groups in total. The third-order valence-corrected chi connectivity index (χ3v) is 7.61. The molecule has 1 heterocycles. The van der Waals surface area contributed by atoms with Crippen LogP contribution < -0.4 is 4.90 Å². The monoisotopic (exact) mass is 405 g/mol. The minimum atomic E-state index is 0.365. The summed E-state index contributed by atoms with van der Waals surface area (Å²) in [6.07, 6.45) is 10.7. The van der Waals surface area contributed by atoms with Crippen molar-refractivity contribution in [3.05, 3.63) is 0 Å². The number of quaternary nitrogens is 1. The van der Waals surface area contributed by atoms with Crippen molar-refractivity contribution in [2.75, 3.05) is 13.6 Å². The van der Waals surface area contributed by atoms with E-state index in [2.05, 4.69) is 41.5 Å². The zero-order valence-electron chi connectivity index (χ0n) is 13.5. The summed E-state index contributed by atoms with van der Waals surface area (Å²) in [5.74, 6) is 0.920. The lowest BCUT2D eigenvalue weighted by atomic mass is 9.85. The van der Waals surface area contributed by atoms with Crippen molar-refractivity contribution in [3.63, 3.8) is 0 Å². The molecule has 0 spiro atoms. The molecule has 120 valence electrons. The molecule has 0 radical (unpaired) electrons. The number of nitrogens with one attached hydrogen (secondary N) is 1. The number of hydrogen-bond acceptors (Lipinski definition) is 2. The molecule has 3 fully saturated rings. The SMILES string of the molecule is CC1N(C)C2CCCCC2[NH+]1CC(=O)C1CCC(I)CC1. The van der Waals surface area contributed by atoms with Crippen LogP contribution in [0.5, 0.6) is 0 Å². The first-order chi connectivity index (χ1) is 10.1. The molecule has 1 saturated heterocycles. The second kappa shape index (κ2) is 6.83. The average molecular weight is 405 g/mol. The number of carbonyl (C=O) groups is 1. The van der Waals surface area contributed by atoms with E-state index in [0.29, 0.717) is 23.9 Å². The molecule has 4 heteroatoms. The maximum atomic E-state index is 12.7. The minimum absolute atomic E-state index is 0.365. The number of likely N-dealkylation sites (N-methyl/N-ethyl adjacent to an activating group) is 1. The van der Waals surface area contributed by atoms with E-state index in [0.717, 1.165) is 29.4 Å². The quantitative estimate of drug-likeness (QED) is 0.574. The highest BCUT2D eigenvalue weighted by Crippen LogP contribution is 2.30. The number of fused-ring (bicyclic) bond motifs is 1. The van der Waals surface area contributed by atoms with Crippen molar-refractivity contribution in [3.8, 4) is 0 Å². The van der Waals surface area contributed by atoms with E-state index in [1.807, 2.05) is 0 Å². The number of ketones is 1. The number of rotatable bonds is 3. The fourth-order valence-electron chi connectivity index (χ4n) is 4.89. The molecule has 3 rings (SSSR count). The molecule has 0 amide bonds. The van der Waals surface area contributed by atoms with Crippen LogP contribution in [-0.2, 0) is 4.79 Å². The summed E-state index contributed by atoms with van der Waals surface area (Å²) >= 11 is 2.55. The Labute approximate surface area is 143 Å². The molecule has 0 aromatic carbocycles. The van der Waals surface area contributed by atoms with E-state index in [1.165, 1.54) is 38.5 Å². The van der Waals surface area contributed by atoms with Crippen LogP contribution >= 0.6 is 22.6 Å². The molecule has 4 unspecified atom stereocenters. The fourth-order valence-corrected chi connectivity index (χ4v) is 5.61. The maximum Gasteiger partial charge on any atom is 0.189 e. The summed E-state index contributed by atoms with van der Waals surface area (Å²) in [5, 5.41) is 0. The smallest absolute Gasteiger partial charge is 0.189 e. The largest absolute Gasteiger partial charge is 0.310 e. The van der Waals surface area contributed by atoms with Gasteiger partial charge in [-0.15, -0.1) is 0 Å². The lowest BCUT2D eigenvalue weighted by molar-refractivity contribution is -0.932. The molecule has 0 aromatic rings. The molecule has 3 aliphatic rings. The van der Waals surface area contributed by atoms with Crippen molar-refractivity contribution >= 4 is 28.4 Å². The van der Waals surface area contributed by atoms with Gasteiger partial charge in [0, 0.05) is 23.2 Å². The van der Waals surface area contributed by atoms with Crippen molar-refractivity contribution in [2.45, 2.75) is 80.5 Å². The summed E-state index contributed by atoms with van der Waals surface area (Å²) in [5.41, 5.74) is 0. The number of nitrogens with zero attached hydrogens (tertiary/aromatic N) is 1. The maximum absolute atomic E-state index is 12.7. The highest BCUT2D eigenvalue weighted by Gasteiger charge is 2.48. The third kappa shape index (κ3) is 3.32. The lowest BCUT2D eigenvalue weighted by Crippen LogP contribution is -3.18. The van der Waals surface area contributed by atoms with Crippen LogP contribution in [0, 0.1) is 5.92 Å².